The number of anilines is 2. The number of rotatable bonds is 4. The van der Waals surface area contributed by atoms with E-state index >= 15 is 0 Å². The smallest absolute Gasteiger partial charge is 0.0609 e. The van der Waals surface area contributed by atoms with Gasteiger partial charge in [-0.25, -0.2) is 0 Å². The monoisotopic (exact) mass is 282 g/mol. The van der Waals surface area contributed by atoms with Crippen LogP contribution in [0.25, 0.3) is 11.1 Å². The van der Waals surface area contributed by atoms with Crippen LogP contribution in [0.1, 0.15) is 32.1 Å². The Morgan fingerprint density at radius 1 is 0.905 bits per heavy atom. The standard InChI is InChI=1S/C18H22N2O/c21-20-16-11-12-18(19-15-9-5-2-6-10-15)17(13-16)14-7-3-1-4-8-14/h1,3-4,7-8,11-13,15,19-21H,2,5-6,9-10H2. The minimum Gasteiger partial charge on any atom is -0.382 e. The van der Waals surface area contributed by atoms with Gasteiger partial charge in [0.25, 0.3) is 0 Å². The van der Waals surface area contributed by atoms with Crippen LogP contribution in [0.4, 0.5) is 11.4 Å². The zero-order chi connectivity index (χ0) is 14.5. The Bertz CT molecular complexity index is 577. The lowest BCUT2D eigenvalue weighted by molar-refractivity contribution is 0.389. The fourth-order valence-corrected chi connectivity index (χ4v) is 3.06. The van der Waals surface area contributed by atoms with Crippen LogP contribution in [0.3, 0.4) is 0 Å². The van der Waals surface area contributed by atoms with Crippen molar-refractivity contribution in [1.82, 2.24) is 0 Å². The Balaban J connectivity index is 1.91. The zero-order valence-electron chi connectivity index (χ0n) is 12.2. The minimum atomic E-state index is 0.564. The lowest BCUT2D eigenvalue weighted by Gasteiger charge is -2.25. The molecule has 2 aromatic rings. The lowest BCUT2D eigenvalue weighted by atomic mass is 9.94. The second kappa shape index (κ2) is 6.64. The first-order valence-corrected chi connectivity index (χ1v) is 7.73. The molecule has 0 saturated heterocycles. The quantitative estimate of drug-likeness (QED) is 0.699. The average Bonchev–Trinajstić information content (AvgIpc) is 2.57. The summed E-state index contributed by atoms with van der Waals surface area (Å²) in [6.07, 6.45) is 6.47. The van der Waals surface area contributed by atoms with E-state index in [1.54, 1.807) is 0 Å². The van der Waals surface area contributed by atoms with Gasteiger partial charge in [0.1, 0.15) is 0 Å². The number of hydrogen-bond donors (Lipinski definition) is 3. The Kier molecular flexibility index (Phi) is 4.41. The molecule has 1 aliphatic carbocycles. The summed E-state index contributed by atoms with van der Waals surface area (Å²) >= 11 is 0. The molecular formula is C18H22N2O. The first-order valence-electron chi connectivity index (χ1n) is 7.73. The van der Waals surface area contributed by atoms with Crippen LogP contribution >= 0.6 is 0 Å². The van der Waals surface area contributed by atoms with Crippen LogP contribution < -0.4 is 10.8 Å². The van der Waals surface area contributed by atoms with E-state index in [0.29, 0.717) is 11.7 Å². The Labute approximate surface area is 126 Å². The normalized spacial score (nSPS) is 15.7. The van der Waals surface area contributed by atoms with Crippen molar-refractivity contribution >= 4 is 11.4 Å². The van der Waals surface area contributed by atoms with Gasteiger partial charge in [-0.05, 0) is 36.6 Å². The van der Waals surface area contributed by atoms with E-state index in [4.69, 9.17) is 5.21 Å². The van der Waals surface area contributed by atoms with Gasteiger partial charge in [0, 0.05) is 17.3 Å². The van der Waals surface area contributed by atoms with E-state index in [0.717, 1.165) is 16.8 Å². The van der Waals surface area contributed by atoms with Gasteiger partial charge in [0.2, 0.25) is 0 Å². The Hall–Kier alpha value is -2.00. The summed E-state index contributed by atoms with van der Waals surface area (Å²) in [7, 11) is 0. The number of hydrogen-bond acceptors (Lipinski definition) is 3. The molecule has 3 heteroatoms. The molecule has 1 fully saturated rings. The van der Waals surface area contributed by atoms with E-state index in [-0.39, 0.29) is 0 Å². The molecule has 2 aromatic carbocycles. The largest absolute Gasteiger partial charge is 0.382 e. The van der Waals surface area contributed by atoms with Crippen molar-refractivity contribution in [2.75, 3.05) is 10.8 Å². The summed E-state index contributed by atoms with van der Waals surface area (Å²) < 4.78 is 0. The van der Waals surface area contributed by atoms with Crippen molar-refractivity contribution in [1.29, 1.82) is 0 Å². The lowest BCUT2D eigenvalue weighted by Crippen LogP contribution is -2.22. The highest BCUT2D eigenvalue weighted by Crippen LogP contribution is 2.32. The summed E-state index contributed by atoms with van der Waals surface area (Å²) in [6, 6.07) is 16.8. The predicted octanol–water partition coefficient (Wildman–Crippen LogP) is 4.90. The van der Waals surface area contributed by atoms with Crippen LogP contribution in [-0.2, 0) is 0 Å². The molecule has 0 radical (unpaired) electrons. The molecule has 3 rings (SSSR count). The van der Waals surface area contributed by atoms with Crippen molar-refractivity contribution in [2.45, 2.75) is 38.1 Å². The van der Waals surface area contributed by atoms with Gasteiger partial charge in [0.15, 0.2) is 0 Å². The molecule has 3 nitrogen and oxygen atoms in total. The molecule has 0 amide bonds. The van der Waals surface area contributed by atoms with E-state index in [1.165, 1.54) is 32.1 Å². The van der Waals surface area contributed by atoms with E-state index < -0.39 is 0 Å². The zero-order valence-corrected chi connectivity index (χ0v) is 12.2. The fourth-order valence-electron chi connectivity index (χ4n) is 3.06. The summed E-state index contributed by atoms with van der Waals surface area (Å²) in [5.41, 5.74) is 6.38. The molecule has 1 saturated carbocycles. The van der Waals surface area contributed by atoms with E-state index in [1.807, 2.05) is 30.3 Å². The molecular weight excluding hydrogens is 260 g/mol. The molecule has 0 atom stereocenters. The highest BCUT2D eigenvalue weighted by molar-refractivity contribution is 5.81. The molecule has 0 spiro atoms. The third-order valence-electron chi connectivity index (χ3n) is 4.20. The fraction of sp³-hybridized carbons (Fsp3) is 0.333. The maximum atomic E-state index is 9.15. The van der Waals surface area contributed by atoms with Gasteiger partial charge in [0.05, 0.1) is 5.69 Å². The third kappa shape index (κ3) is 3.37. The number of nitrogens with one attached hydrogen (secondary N) is 2. The van der Waals surface area contributed by atoms with Gasteiger partial charge in [-0.3, -0.25) is 10.7 Å². The van der Waals surface area contributed by atoms with Gasteiger partial charge in [-0.15, -0.1) is 0 Å². The molecule has 0 bridgehead atoms. The maximum Gasteiger partial charge on any atom is 0.0609 e. The minimum absolute atomic E-state index is 0.564. The predicted molar refractivity (Wildman–Crippen MR) is 87.8 cm³/mol. The molecule has 0 aliphatic heterocycles. The highest BCUT2D eigenvalue weighted by atomic mass is 16.5. The topological polar surface area (TPSA) is 44.3 Å². The van der Waals surface area contributed by atoms with Gasteiger partial charge < -0.3 is 5.32 Å². The van der Waals surface area contributed by atoms with Crippen molar-refractivity contribution in [3.05, 3.63) is 48.5 Å². The number of benzene rings is 2. The van der Waals surface area contributed by atoms with Crippen LogP contribution in [0.15, 0.2) is 48.5 Å². The Morgan fingerprint density at radius 3 is 2.38 bits per heavy atom. The van der Waals surface area contributed by atoms with Crippen molar-refractivity contribution in [2.24, 2.45) is 0 Å². The van der Waals surface area contributed by atoms with Gasteiger partial charge in [-0.1, -0.05) is 49.6 Å². The van der Waals surface area contributed by atoms with E-state index in [2.05, 4.69) is 29.0 Å². The molecule has 1 aliphatic rings. The molecule has 3 N–H and O–H groups in total. The summed E-state index contributed by atoms with van der Waals surface area (Å²) in [6.45, 7) is 0. The van der Waals surface area contributed by atoms with Crippen molar-refractivity contribution in [3.63, 3.8) is 0 Å². The SMILES string of the molecule is ONc1ccc(NC2CCCCC2)c(-c2ccccc2)c1. The van der Waals surface area contributed by atoms with Crippen molar-refractivity contribution in [3.8, 4) is 11.1 Å². The second-order valence-electron chi connectivity index (χ2n) is 5.72. The maximum absolute atomic E-state index is 9.15. The van der Waals surface area contributed by atoms with Crippen molar-refractivity contribution < 1.29 is 5.21 Å². The summed E-state index contributed by atoms with van der Waals surface area (Å²) in [5.74, 6) is 0. The average molecular weight is 282 g/mol. The molecule has 0 heterocycles. The third-order valence-corrected chi connectivity index (χ3v) is 4.20. The summed E-state index contributed by atoms with van der Waals surface area (Å²) in [4.78, 5) is 0. The van der Waals surface area contributed by atoms with Crippen LogP contribution in [0, 0.1) is 0 Å². The second-order valence-corrected chi connectivity index (χ2v) is 5.72. The van der Waals surface area contributed by atoms with Crippen LogP contribution in [-0.4, -0.2) is 11.2 Å². The molecule has 0 unspecified atom stereocenters. The van der Waals surface area contributed by atoms with Crippen LogP contribution in [0.5, 0.6) is 0 Å². The first-order chi connectivity index (χ1) is 10.4. The first kappa shape index (κ1) is 14.0. The molecule has 110 valence electrons. The van der Waals surface area contributed by atoms with E-state index in [9.17, 15) is 0 Å². The van der Waals surface area contributed by atoms with Crippen LogP contribution in [0.2, 0.25) is 0 Å². The molecule has 21 heavy (non-hydrogen) atoms. The Morgan fingerprint density at radius 2 is 1.67 bits per heavy atom. The highest BCUT2D eigenvalue weighted by Gasteiger charge is 2.15. The summed E-state index contributed by atoms with van der Waals surface area (Å²) in [5, 5.41) is 12.8. The molecule has 0 aromatic heterocycles. The van der Waals surface area contributed by atoms with Gasteiger partial charge in [-0.2, -0.15) is 0 Å². The van der Waals surface area contributed by atoms with Gasteiger partial charge >= 0.3 is 0 Å².